The molecular weight excluding hydrogens is 348 g/mol. The van der Waals surface area contributed by atoms with Crippen molar-refractivity contribution in [2.24, 2.45) is 0 Å². The van der Waals surface area contributed by atoms with Gasteiger partial charge in [0.05, 0.1) is 6.26 Å². The van der Waals surface area contributed by atoms with E-state index in [1.807, 2.05) is 0 Å². The fourth-order valence-corrected chi connectivity index (χ4v) is 3.89. The summed E-state index contributed by atoms with van der Waals surface area (Å²) in [5, 5.41) is 0.687. The Morgan fingerprint density at radius 1 is 0.593 bits per heavy atom. The van der Waals surface area contributed by atoms with Crippen LogP contribution in [0.3, 0.4) is 0 Å². The molecule has 0 heterocycles. The van der Waals surface area contributed by atoms with Gasteiger partial charge in [0.1, 0.15) is 0 Å². The van der Waals surface area contributed by atoms with E-state index >= 15 is 0 Å². The number of thiocarbonyl (C=S) groups is 1. The molecule has 0 unspecified atom stereocenters. The van der Waals surface area contributed by atoms with Crippen molar-refractivity contribution in [3.05, 3.63) is 12.8 Å². The maximum absolute atomic E-state index is 5.08. The van der Waals surface area contributed by atoms with Crippen molar-refractivity contribution in [2.75, 3.05) is 0 Å². The first-order chi connectivity index (χ1) is 13.3. The predicted octanol–water partition coefficient (Wildman–Crippen LogP) is 9.69. The molecule has 0 aromatic rings. The molecule has 27 heavy (non-hydrogen) atoms. The van der Waals surface area contributed by atoms with Crippen LogP contribution in [-0.2, 0) is 4.74 Å². The second-order valence-electron chi connectivity index (χ2n) is 8.12. The number of hydrogen-bond donors (Lipinski definition) is 0. The summed E-state index contributed by atoms with van der Waals surface area (Å²) in [5.74, 6) is 0. The van der Waals surface area contributed by atoms with Crippen LogP contribution in [0.25, 0.3) is 0 Å². The van der Waals surface area contributed by atoms with Crippen LogP contribution in [0, 0.1) is 0 Å². The van der Waals surface area contributed by atoms with Crippen molar-refractivity contribution < 1.29 is 4.74 Å². The van der Waals surface area contributed by atoms with E-state index in [4.69, 9.17) is 17.0 Å². The molecule has 0 saturated heterocycles. The smallest absolute Gasteiger partial charge is 0.166 e. The maximum atomic E-state index is 5.08. The van der Waals surface area contributed by atoms with Gasteiger partial charge in [-0.1, -0.05) is 135 Å². The summed E-state index contributed by atoms with van der Waals surface area (Å²) in [6.07, 6.45) is 30.7. The monoisotopic (exact) mass is 396 g/mol. The molecule has 0 aliphatic carbocycles. The Balaban J connectivity index is 3.03. The molecule has 0 bridgehead atoms. The van der Waals surface area contributed by atoms with Crippen molar-refractivity contribution in [3.8, 4) is 0 Å². The lowest BCUT2D eigenvalue weighted by atomic mass is 10.0. The third-order valence-corrected chi connectivity index (χ3v) is 5.75. The van der Waals surface area contributed by atoms with Crippen molar-refractivity contribution in [1.29, 1.82) is 0 Å². The Morgan fingerprint density at radius 3 is 1.19 bits per heavy atom. The molecule has 0 fully saturated rings. The molecule has 0 aromatic carbocycles. The fourth-order valence-electron chi connectivity index (χ4n) is 3.68. The minimum Gasteiger partial charge on any atom is -0.459 e. The van der Waals surface area contributed by atoms with Gasteiger partial charge in [-0.25, -0.2) is 0 Å². The molecule has 0 aliphatic rings. The van der Waals surface area contributed by atoms with Gasteiger partial charge < -0.3 is 4.74 Å². The SMILES string of the molecule is C=COC(=S)CCCCCCCCCCCCCCCCCCCCCC. The molecule has 1 nitrogen and oxygen atoms in total. The summed E-state index contributed by atoms with van der Waals surface area (Å²) >= 11 is 5.08. The van der Waals surface area contributed by atoms with E-state index in [-0.39, 0.29) is 0 Å². The van der Waals surface area contributed by atoms with Gasteiger partial charge in [0.15, 0.2) is 5.05 Å². The quantitative estimate of drug-likeness (QED) is 0.102. The minimum atomic E-state index is 0.687. The molecule has 0 spiro atoms. The van der Waals surface area contributed by atoms with Crippen molar-refractivity contribution in [1.82, 2.24) is 0 Å². The highest BCUT2D eigenvalue weighted by Crippen LogP contribution is 2.15. The number of ether oxygens (including phenoxy) is 1. The van der Waals surface area contributed by atoms with Crippen LogP contribution in [0.5, 0.6) is 0 Å². The van der Waals surface area contributed by atoms with E-state index in [1.54, 1.807) is 0 Å². The summed E-state index contributed by atoms with van der Waals surface area (Å²) < 4.78 is 5.08. The Hall–Kier alpha value is -0.370. The minimum absolute atomic E-state index is 0.687. The average Bonchev–Trinajstić information content (AvgIpc) is 2.66. The first kappa shape index (κ1) is 26.6. The highest BCUT2D eigenvalue weighted by molar-refractivity contribution is 7.80. The fraction of sp³-hybridized carbons (Fsp3) is 0.880. The van der Waals surface area contributed by atoms with Crippen molar-refractivity contribution >= 4 is 17.3 Å². The lowest BCUT2D eigenvalue weighted by molar-refractivity contribution is 0.465. The molecule has 0 saturated carbocycles. The number of unbranched alkanes of at least 4 members (excludes halogenated alkanes) is 19. The van der Waals surface area contributed by atoms with Gasteiger partial charge in [0, 0.05) is 6.42 Å². The Morgan fingerprint density at radius 2 is 0.889 bits per heavy atom. The predicted molar refractivity (Wildman–Crippen MR) is 127 cm³/mol. The highest BCUT2D eigenvalue weighted by atomic mass is 32.1. The maximum Gasteiger partial charge on any atom is 0.166 e. The average molecular weight is 397 g/mol. The molecule has 0 amide bonds. The molecule has 0 radical (unpaired) electrons. The van der Waals surface area contributed by atoms with Crippen molar-refractivity contribution in [2.45, 2.75) is 142 Å². The van der Waals surface area contributed by atoms with Gasteiger partial charge in [-0.2, -0.15) is 0 Å². The molecule has 0 aliphatic heterocycles. The molecule has 0 aromatic heterocycles. The second kappa shape index (κ2) is 23.7. The van der Waals surface area contributed by atoms with Crippen LogP contribution in [0.2, 0.25) is 0 Å². The molecule has 2 heteroatoms. The van der Waals surface area contributed by atoms with Crippen LogP contribution >= 0.6 is 12.2 Å². The van der Waals surface area contributed by atoms with Gasteiger partial charge >= 0.3 is 0 Å². The summed E-state index contributed by atoms with van der Waals surface area (Å²) in [6.45, 7) is 5.82. The molecule has 0 N–H and O–H groups in total. The van der Waals surface area contributed by atoms with E-state index in [1.165, 1.54) is 128 Å². The van der Waals surface area contributed by atoms with E-state index in [0.717, 1.165) is 12.8 Å². The Bertz CT molecular complexity index is 313. The molecule has 0 atom stereocenters. The van der Waals surface area contributed by atoms with E-state index < -0.39 is 0 Å². The lowest BCUT2D eigenvalue weighted by Gasteiger charge is -2.04. The van der Waals surface area contributed by atoms with Gasteiger partial charge in [0.2, 0.25) is 0 Å². The van der Waals surface area contributed by atoms with E-state index in [2.05, 4.69) is 13.5 Å². The van der Waals surface area contributed by atoms with Crippen molar-refractivity contribution in [3.63, 3.8) is 0 Å². The Labute approximate surface area is 176 Å². The van der Waals surface area contributed by atoms with Crippen LogP contribution in [-0.4, -0.2) is 5.05 Å². The normalized spacial score (nSPS) is 10.9. The van der Waals surface area contributed by atoms with Crippen LogP contribution in [0.1, 0.15) is 142 Å². The van der Waals surface area contributed by atoms with Crippen LogP contribution < -0.4 is 0 Å². The largest absolute Gasteiger partial charge is 0.459 e. The van der Waals surface area contributed by atoms with Gasteiger partial charge in [0.25, 0.3) is 0 Å². The highest BCUT2D eigenvalue weighted by Gasteiger charge is 1.97. The second-order valence-corrected chi connectivity index (χ2v) is 8.58. The topological polar surface area (TPSA) is 9.23 Å². The lowest BCUT2D eigenvalue weighted by Crippen LogP contribution is -1.95. The Kier molecular flexibility index (Phi) is 23.3. The summed E-state index contributed by atoms with van der Waals surface area (Å²) in [6, 6.07) is 0. The van der Waals surface area contributed by atoms with Crippen LogP contribution in [0.15, 0.2) is 12.8 Å². The number of rotatable bonds is 22. The zero-order valence-corrected chi connectivity index (χ0v) is 19.3. The standard InChI is InChI=1S/C25H48OS/c1-3-5-6-7-8-9-10-11-12-13-14-15-16-17-18-19-20-21-22-23-24-25(27)26-4-2/h4H,2-3,5-24H2,1H3. The summed E-state index contributed by atoms with van der Waals surface area (Å²) in [4.78, 5) is 0. The van der Waals surface area contributed by atoms with E-state index in [9.17, 15) is 0 Å². The summed E-state index contributed by atoms with van der Waals surface area (Å²) in [5.41, 5.74) is 0. The zero-order chi connectivity index (χ0) is 19.8. The molecule has 0 rings (SSSR count). The third-order valence-electron chi connectivity index (χ3n) is 5.45. The number of hydrogen-bond acceptors (Lipinski definition) is 2. The third kappa shape index (κ3) is 23.6. The van der Waals surface area contributed by atoms with Gasteiger partial charge in [-0.3, -0.25) is 0 Å². The summed E-state index contributed by atoms with van der Waals surface area (Å²) in [7, 11) is 0. The molecule has 160 valence electrons. The molecular formula is C25H48OS. The van der Waals surface area contributed by atoms with Gasteiger partial charge in [-0.15, -0.1) is 0 Å². The first-order valence-corrected chi connectivity index (χ1v) is 12.5. The van der Waals surface area contributed by atoms with Crippen LogP contribution in [0.4, 0.5) is 0 Å². The van der Waals surface area contributed by atoms with E-state index in [0.29, 0.717) is 5.05 Å². The van der Waals surface area contributed by atoms with Gasteiger partial charge in [-0.05, 0) is 18.6 Å². The first-order valence-electron chi connectivity index (χ1n) is 12.1. The zero-order valence-electron chi connectivity index (χ0n) is 18.5.